The van der Waals surface area contributed by atoms with Crippen LogP contribution >= 0.6 is 0 Å². The van der Waals surface area contributed by atoms with Crippen molar-refractivity contribution in [2.45, 2.75) is 6.04 Å². The second kappa shape index (κ2) is 3.63. The van der Waals surface area contributed by atoms with Crippen LogP contribution in [0.2, 0.25) is 0 Å². The number of anilines is 1. The molecule has 1 amide bonds. The first-order valence-corrected chi connectivity index (χ1v) is 4.49. The zero-order valence-electron chi connectivity index (χ0n) is 7.66. The molecule has 0 spiro atoms. The number of amides is 1. The molecule has 0 aromatic carbocycles. The summed E-state index contributed by atoms with van der Waals surface area (Å²) in [6, 6.07) is 3.72. The lowest BCUT2D eigenvalue weighted by Gasteiger charge is -2.28. The van der Waals surface area contributed by atoms with Gasteiger partial charge in [-0.05, 0) is 12.1 Å². The van der Waals surface area contributed by atoms with Crippen molar-refractivity contribution >= 4 is 11.7 Å². The maximum atomic E-state index is 11.0. The highest BCUT2D eigenvalue weighted by Gasteiger charge is 2.18. The summed E-state index contributed by atoms with van der Waals surface area (Å²) >= 11 is 0. The van der Waals surface area contributed by atoms with Crippen molar-refractivity contribution in [3.8, 4) is 0 Å². The fraction of sp³-hybridized carbons (Fsp3) is 0.333. The first kappa shape index (κ1) is 8.96. The third-order valence-corrected chi connectivity index (χ3v) is 2.20. The van der Waals surface area contributed by atoms with E-state index in [1.54, 1.807) is 18.3 Å². The van der Waals surface area contributed by atoms with Crippen LogP contribution in [0.1, 0.15) is 10.4 Å². The molecule has 1 saturated heterocycles. The SMILES string of the molecule is NC(=O)c1cccnc1NC1CNC1. The molecule has 2 heterocycles. The van der Waals surface area contributed by atoms with E-state index in [0.717, 1.165) is 13.1 Å². The summed E-state index contributed by atoms with van der Waals surface area (Å²) in [5.74, 6) is 0.124. The van der Waals surface area contributed by atoms with Gasteiger partial charge in [0, 0.05) is 19.3 Å². The Morgan fingerprint density at radius 3 is 3.00 bits per heavy atom. The molecule has 4 N–H and O–H groups in total. The highest BCUT2D eigenvalue weighted by molar-refractivity contribution is 5.97. The number of nitrogens with one attached hydrogen (secondary N) is 2. The van der Waals surface area contributed by atoms with Crippen LogP contribution in [0.5, 0.6) is 0 Å². The quantitative estimate of drug-likeness (QED) is 0.606. The lowest BCUT2D eigenvalue weighted by atomic mass is 10.1. The molecule has 0 unspecified atom stereocenters. The summed E-state index contributed by atoms with van der Waals surface area (Å²) in [7, 11) is 0. The van der Waals surface area contributed by atoms with Gasteiger partial charge in [0.25, 0.3) is 5.91 Å². The lowest BCUT2D eigenvalue weighted by molar-refractivity contribution is 0.100. The van der Waals surface area contributed by atoms with Crippen LogP contribution in [0.25, 0.3) is 0 Å². The molecule has 0 atom stereocenters. The van der Waals surface area contributed by atoms with E-state index in [1.165, 1.54) is 0 Å². The Kier molecular flexibility index (Phi) is 2.32. The van der Waals surface area contributed by atoms with Gasteiger partial charge < -0.3 is 16.4 Å². The van der Waals surface area contributed by atoms with Crippen LogP contribution in [-0.2, 0) is 0 Å². The lowest BCUT2D eigenvalue weighted by Crippen LogP contribution is -2.51. The molecule has 0 saturated carbocycles. The van der Waals surface area contributed by atoms with Gasteiger partial charge in [-0.2, -0.15) is 0 Å². The van der Waals surface area contributed by atoms with Crippen LogP contribution in [-0.4, -0.2) is 30.0 Å². The summed E-state index contributed by atoms with van der Waals surface area (Å²) < 4.78 is 0. The van der Waals surface area contributed by atoms with Gasteiger partial charge in [-0.1, -0.05) is 0 Å². The van der Waals surface area contributed by atoms with Crippen molar-refractivity contribution in [1.82, 2.24) is 10.3 Å². The Labute approximate surface area is 81.7 Å². The van der Waals surface area contributed by atoms with Gasteiger partial charge in [0.2, 0.25) is 0 Å². The average molecular weight is 192 g/mol. The van der Waals surface area contributed by atoms with Gasteiger partial charge >= 0.3 is 0 Å². The molecule has 14 heavy (non-hydrogen) atoms. The molecule has 5 nitrogen and oxygen atoms in total. The molecular weight excluding hydrogens is 180 g/mol. The van der Waals surface area contributed by atoms with Crippen LogP contribution in [0.15, 0.2) is 18.3 Å². The Balaban J connectivity index is 2.17. The molecule has 0 aliphatic carbocycles. The highest BCUT2D eigenvalue weighted by atomic mass is 16.1. The second-order valence-corrected chi connectivity index (χ2v) is 3.26. The van der Waals surface area contributed by atoms with Crippen LogP contribution < -0.4 is 16.4 Å². The zero-order valence-corrected chi connectivity index (χ0v) is 7.66. The van der Waals surface area contributed by atoms with Gasteiger partial charge in [0.05, 0.1) is 11.6 Å². The van der Waals surface area contributed by atoms with Gasteiger partial charge in [-0.15, -0.1) is 0 Å². The number of carbonyl (C=O) groups is 1. The maximum absolute atomic E-state index is 11.0. The fourth-order valence-corrected chi connectivity index (χ4v) is 1.30. The van der Waals surface area contributed by atoms with E-state index < -0.39 is 5.91 Å². The first-order chi connectivity index (χ1) is 6.77. The highest BCUT2D eigenvalue weighted by Crippen LogP contribution is 2.12. The Bertz CT molecular complexity index is 348. The normalized spacial score (nSPS) is 16.0. The van der Waals surface area contributed by atoms with E-state index in [1.807, 2.05) is 0 Å². The first-order valence-electron chi connectivity index (χ1n) is 4.49. The molecule has 1 fully saturated rings. The number of primary amides is 1. The van der Waals surface area contributed by atoms with Crippen molar-refractivity contribution in [2.24, 2.45) is 5.73 Å². The number of aromatic nitrogens is 1. The van der Waals surface area contributed by atoms with Crippen molar-refractivity contribution in [1.29, 1.82) is 0 Å². The number of carbonyl (C=O) groups excluding carboxylic acids is 1. The van der Waals surface area contributed by atoms with Crippen LogP contribution in [0, 0.1) is 0 Å². The van der Waals surface area contributed by atoms with E-state index in [0.29, 0.717) is 17.4 Å². The summed E-state index contributed by atoms with van der Waals surface area (Å²) in [5.41, 5.74) is 5.66. The Morgan fingerprint density at radius 1 is 1.64 bits per heavy atom. The van der Waals surface area contributed by atoms with Crippen molar-refractivity contribution < 1.29 is 4.79 Å². The molecule has 1 aliphatic rings. The number of hydrogen-bond acceptors (Lipinski definition) is 4. The van der Waals surface area contributed by atoms with Crippen molar-refractivity contribution in [3.63, 3.8) is 0 Å². The van der Waals surface area contributed by atoms with Crippen molar-refractivity contribution in [3.05, 3.63) is 23.9 Å². The largest absolute Gasteiger partial charge is 0.365 e. The van der Waals surface area contributed by atoms with Gasteiger partial charge in [0.1, 0.15) is 5.82 Å². The van der Waals surface area contributed by atoms with E-state index in [2.05, 4.69) is 15.6 Å². The van der Waals surface area contributed by atoms with Crippen LogP contribution in [0.4, 0.5) is 5.82 Å². The second-order valence-electron chi connectivity index (χ2n) is 3.26. The van der Waals surface area contributed by atoms with Gasteiger partial charge in [0.15, 0.2) is 0 Å². The smallest absolute Gasteiger partial charge is 0.252 e. The summed E-state index contributed by atoms with van der Waals surface area (Å²) in [5, 5.41) is 6.28. The molecule has 5 heteroatoms. The van der Waals surface area contributed by atoms with E-state index >= 15 is 0 Å². The molecule has 2 rings (SSSR count). The molecular formula is C9H12N4O. The predicted molar refractivity (Wildman–Crippen MR) is 53.0 cm³/mol. The Morgan fingerprint density at radius 2 is 2.43 bits per heavy atom. The minimum atomic E-state index is -0.451. The third-order valence-electron chi connectivity index (χ3n) is 2.20. The fourth-order valence-electron chi connectivity index (χ4n) is 1.30. The Hall–Kier alpha value is -1.62. The molecule has 0 bridgehead atoms. The minimum absolute atomic E-state index is 0.350. The molecule has 1 aromatic heterocycles. The van der Waals surface area contributed by atoms with E-state index in [9.17, 15) is 4.79 Å². The number of hydrogen-bond donors (Lipinski definition) is 3. The monoisotopic (exact) mass is 192 g/mol. The number of pyridine rings is 1. The summed E-state index contributed by atoms with van der Waals surface area (Å²) in [6.45, 7) is 1.80. The van der Waals surface area contributed by atoms with E-state index in [-0.39, 0.29) is 0 Å². The van der Waals surface area contributed by atoms with Gasteiger partial charge in [-0.3, -0.25) is 4.79 Å². The average Bonchev–Trinajstić information content (AvgIpc) is 2.12. The third kappa shape index (κ3) is 1.67. The maximum Gasteiger partial charge on any atom is 0.252 e. The number of nitrogens with zero attached hydrogens (tertiary/aromatic N) is 1. The van der Waals surface area contributed by atoms with Crippen molar-refractivity contribution in [2.75, 3.05) is 18.4 Å². The topological polar surface area (TPSA) is 80.0 Å². The summed E-state index contributed by atoms with van der Waals surface area (Å²) in [6.07, 6.45) is 1.64. The standard InChI is InChI=1S/C9H12N4O/c10-8(14)7-2-1-3-12-9(7)13-6-4-11-5-6/h1-3,6,11H,4-5H2,(H2,10,14)(H,12,13). The molecule has 1 aliphatic heterocycles. The molecule has 74 valence electrons. The van der Waals surface area contributed by atoms with Crippen LogP contribution in [0.3, 0.4) is 0 Å². The predicted octanol–water partition coefficient (Wildman–Crippen LogP) is -0.436. The van der Waals surface area contributed by atoms with Gasteiger partial charge in [-0.25, -0.2) is 4.98 Å². The number of nitrogens with two attached hydrogens (primary N) is 1. The number of rotatable bonds is 3. The molecule has 0 radical (unpaired) electrons. The zero-order chi connectivity index (χ0) is 9.97. The molecule has 1 aromatic rings. The summed E-state index contributed by atoms with van der Waals surface area (Å²) in [4.78, 5) is 15.1. The minimum Gasteiger partial charge on any atom is -0.365 e. The van der Waals surface area contributed by atoms with E-state index in [4.69, 9.17) is 5.73 Å².